The van der Waals surface area contributed by atoms with Crippen LogP contribution in [0.25, 0.3) is 0 Å². The van der Waals surface area contributed by atoms with E-state index in [4.69, 9.17) is 18.9 Å². The van der Waals surface area contributed by atoms with Gasteiger partial charge in [0.2, 0.25) is 0 Å². The second-order valence-corrected chi connectivity index (χ2v) is 5.66. The molecule has 0 unspecified atom stereocenters. The summed E-state index contributed by atoms with van der Waals surface area (Å²) >= 11 is 0. The fourth-order valence-corrected chi connectivity index (χ4v) is 2.66. The summed E-state index contributed by atoms with van der Waals surface area (Å²) in [7, 11) is 0. The number of aliphatic hydroxyl groups excluding tert-OH is 1. The van der Waals surface area contributed by atoms with E-state index < -0.39 is 35.7 Å². The summed E-state index contributed by atoms with van der Waals surface area (Å²) in [5.74, 6) is -1.38. The predicted octanol–water partition coefficient (Wildman–Crippen LogP) is 0.942. The Morgan fingerprint density at radius 2 is 2.14 bits per heavy atom. The fourth-order valence-electron chi connectivity index (χ4n) is 2.66. The lowest BCUT2D eigenvalue weighted by molar-refractivity contribution is -0.167. The first-order chi connectivity index (χ1) is 9.86. The molecule has 6 nitrogen and oxygen atoms in total. The number of carbonyl (C=O) groups is 1. The van der Waals surface area contributed by atoms with Gasteiger partial charge in [0, 0.05) is 6.42 Å². The lowest BCUT2D eigenvalue weighted by Crippen LogP contribution is -2.51. The molecule has 0 aliphatic carbocycles. The van der Waals surface area contributed by atoms with E-state index in [9.17, 15) is 9.90 Å². The van der Waals surface area contributed by atoms with Crippen molar-refractivity contribution in [2.45, 2.75) is 50.0 Å². The van der Waals surface area contributed by atoms with Gasteiger partial charge in [0.05, 0.1) is 13.2 Å². The third kappa shape index (κ3) is 2.89. The van der Waals surface area contributed by atoms with Crippen molar-refractivity contribution in [1.82, 2.24) is 0 Å². The minimum atomic E-state index is -1.46. The molecule has 6 heteroatoms. The van der Waals surface area contributed by atoms with Crippen LogP contribution in [0, 0.1) is 0 Å². The van der Waals surface area contributed by atoms with Crippen molar-refractivity contribution in [2.24, 2.45) is 0 Å². The van der Waals surface area contributed by atoms with Gasteiger partial charge in [-0.25, -0.2) is 4.79 Å². The minimum Gasteiger partial charge on any atom is -0.454 e. The molecule has 0 bridgehead atoms. The number of hydrogen-bond acceptors (Lipinski definition) is 6. The molecule has 118 valence electrons. The molecule has 2 heterocycles. The van der Waals surface area contributed by atoms with Gasteiger partial charge in [-0.15, -0.1) is 13.2 Å². The Labute approximate surface area is 124 Å². The SMILES string of the molecule is C=CCO[C@]1(CC=C)C(=O)O[C@H]([C@@H]2COC(C)(C)O2)[C@@H]1O. The molecule has 0 aromatic rings. The maximum Gasteiger partial charge on any atom is 0.342 e. The summed E-state index contributed by atoms with van der Waals surface area (Å²) in [4.78, 5) is 12.2. The van der Waals surface area contributed by atoms with E-state index in [0.717, 1.165) is 0 Å². The van der Waals surface area contributed by atoms with Crippen molar-refractivity contribution >= 4 is 5.97 Å². The number of ether oxygens (including phenoxy) is 4. The van der Waals surface area contributed by atoms with Crippen molar-refractivity contribution in [2.75, 3.05) is 13.2 Å². The van der Waals surface area contributed by atoms with Gasteiger partial charge in [-0.3, -0.25) is 0 Å². The van der Waals surface area contributed by atoms with Crippen LogP contribution in [-0.4, -0.2) is 54.0 Å². The van der Waals surface area contributed by atoms with Crippen LogP contribution in [0.4, 0.5) is 0 Å². The third-order valence-electron chi connectivity index (χ3n) is 3.68. The van der Waals surface area contributed by atoms with Crippen LogP contribution >= 0.6 is 0 Å². The molecular formula is C15H22O6. The zero-order valence-corrected chi connectivity index (χ0v) is 12.4. The van der Waals surface area contributed by atoms with Gasteiger partial charge in [0.15, 0.2) is 17.5 Å². The molecule has 0 aromatic heterocycles. The summed E-state index contributed by atoms with van der Waals surface area (Å²) in [6, 6.07) is 0. The largest absolute Gasteiger partial charge is 0.454 e. The highest BCUT2D eigenvalue weighted by atomic mass is 16.8. The van der Waals surface area contributed by atoms with Crippen molar-refractivity contribution in [3.8, 4) is 0 Å². The van der Waals surface area contributed by atoms with Gasteiger partial charge in [0.25, 0.3) is 0 Å². The quantitative estimate of drug-likeness (QED) is 0.581. The molecule has 21 heavy (non-hydrogen) atoms. The van der Waals surface area contributed by atoms with E-state index in [2.05, 4.69) is 13.2 Å². The molecule has 2 rings (SSSR count). The zero-order chi connectivity index (χ0) is 15.7. The second-order valence-electron chi connectivity index (χ2n) is 5.66. The molecule has 2 aliphatic rings. The van der Waals surface area contributed by atoms with Crippen molar-refractivity contribution in [3.63, 3.8) is 0 Å². The number of hydrogen-bond donors (Lipinski definition) is 1. The van der Waals surface area contributed by atoms with E-state index in [1.807, 2.05) is 0 Å². The number of carbonyl (C=O) groups excluding carboxylic acids is 1. The molecule has 0 aromatic carbocycles. The second kappa shape index (κ2) is 5.88. The van der Waals surface area contributed by atoms with Crippen LogP contribution in [0.1, 0.15) is 20.3 Å². The van der Waals surface area contributed by atoms with Gasteiger partial charge >= 0.3 is 5.97 Å². The Kier molecular flexibility index (Phi) is 4.53. The molecule has 0 saturated carbocycles. The van der Waals surface area contributed by atoms with E-state index in [-0.39, 0.29) is 19.6 Å². The Morgan fingerprint density at radius 1 is 1.43 bits per heavy atom. The van der Waals surface area contributed by atoms with Crippen molar-refractivity contribution in [3.05, 3.63) is 25.3 Å². The normalized spacial score (nSPS) is 38.2. The van der Waals surface area contributed by atoms with Gasteiger partial charge in [-0.1, -0.05) is 12.2 Å². The third-order valence-corrected chi connectivity index (χ3v) is 3.68. The number of aliphatic hydroxyl groups is 1. The first kappa shape index (κ1) is 16.2. The summed E-state index contributed by atoms with van der Waals surface area (Å²) in [5, 5.41) is 10.6. The summed E-state index contributed by atoms with van der Waals surface area (Å²) in [6.45, 7) is 11.1. The first-order valence-corrected chi connectivity index (χ1v) is 6.93. The van der Waals surface area contributed by atoms with E-state index >= 15 is 0 Å². The zero-order valence-electron chi connectivity index (χ0n) is 12.4. The van der Waals surface area contributed by atoms with Gasteiger partial charge in [-0.2, -0.15) is 0 Å². The van der Waals surface area contributed by atoms with Crippen LogP contribution in [-0.2, 0) is 23.7 Å². The number of esters is 1. The summed E-state index contributed by atoms with van der Waals surface area (Å²) in [5.41, 5.74) is -1.46. The molecule has 0 radical (unpaired) electrons. The smallest absolute Gasteiger partial charge is 0.342 e. The predicted molar refractivity (Wildman–Crippen MR) is 74.5 cm³/mol. The van der Waals surface area contributed by atoms with Crippen LogP contribution < -0.4 is 0 Å². The van der Waals surface area contributed by atoms with E-state index in [1.54, 1.807) is 13.8 Å². The molecule has 0 amide bonds. The highest BCUT2D eigenvalue weighted by Gasteiger charge is 2.61. The van der Waals surface area contributed by atoms with Crippen molar-refractivity contribution < 1.29 is 28.8 Å². The van der Waals surface area contributed by atoms with E-state index in [0.29, 0.717) is 0 Å². The Hall–Kier alpha value is -1.21. The van der Waals surface area contributed by atoms with Crippen LogP contribution in [0.15, 0.2) is 25.3 Å². The Balaban J connectivity index is 2.19. The molecule has 4 atom stereocenters. The van der Waals surface area contributed by atoms with Gasteiger partial charge in [-0.05, 0) is 13.8 Å². The summed E-state index contributed by atoms with van der Waals surface area (Å²) in [6.07, 6.45) is 0.656. The molecule has 2 fully saturated rings. The van der Waals surface area contributed by atoms with Gasteiger partial charge in [0.1, 0.15) is 12.2 Å². The van der Waals surface area contributed by atoms with Crippen molar-refractivity contribution in [1.29, 1.82) is 0 Å². The lowest BCUT2D eigenvalue weighted by atomic mass is 9.90. The van der Waals surface area contributed by atoms with E-state index in [1.165, 1.54) is 12.2 Å². The van der Waals surface area contributed by atoms with Crippen LogP contribution in [0.5, 0.6) is 0 Å². The maximum absolute atomic E-state index is 12.2. The highest BCUT2D eigenvalue weighted by Crippen LogP contribution is 2.38. The topological polar surface area (TPSA) is 74.2 Å². The Bertz CT molecular complexity index is 432. The molecular weight excluding hydrogens is 276 g/mol. The average molecular weight is 298 g/mol. The monoisotopic (exact) mass is 298 g/mol. The molecule has 2 aliphatic heterocycles. The average Bonchev–Trinajstić information content (AvgIpc) is 2.89. The molecule has 0 spiro atoms. The first-order valence-electron chi connectivity index (χ1n) is 6.93. The fraction of sp³-hybridized carbons (Fsp3) is 0.667. The number of cyclic esters (lactones) is 1. The highest BCUT2D eigenvalue weighted by molar-refractivity contribution is 5.83. The molecule has 2 saturated heterocycles. The number of rotatable bonds is 6. The van der Waals surface area contributed by atoms with Crippen LogP contribution in [0.2, 0.25) is 0 Å². The van der Waals surface area contributed by atoms with Crippen LogP contribution in [0.3, 0.4) is 0 Å². The minimum absolute atomic E-state index is 0.125. The molecule has 1 N–H and O–H groups in total. The lowest BCUT2D eigenvalue weighted by Gasteiger charge is -2.29. The van der Waals surface area contributed by atoms with Gasteiger partial charge < -0.3 is 24.1 Å². The standard InChI is InChI=1S/C15H22O6/c1-5-7-15(18-8-6-2)12(16)11(20-13(15)17)10-9-19-14(3,4)21-10/h5-6,10-12,16H,1-2,7-9H2,3-4H3/t10-,11+,12-,15-/m0/s1. The summed E-state index contributed by atoms with van der Waals surface area (Å²) < 4.78 is 22.0. The Morgan fingerprint density at radius 3 is 2.67 bits per heavy atom. The maximum atomic E-state index is 12.2.